The van der Waals surface area contributed by atoms with E-state index in [0.717, 1.165) is 0 Å². The number of rotatable bonds is 13. The minimum Gasteiger partial charge on any atom is -1.00 e. The number of carboxylic acids is 3. The van der Waals surface area contributed by atoms with Crippen LogP contribution in [0.3, 0.4) is 0 Å². The summed E-state index contributed by atoms with van der Waals surface area (Å²) < 4.78 is 1.68. The molecule has 12 heteroatoms. The number of hydrogen-bond donors (Lipinski definition) is 7. The van der Waals surface area contributed by atoms with Crippen molar-refractivity contribution in [3.63, 3.8) is 0 Å². The van der Waals surface area contributed by atoms with Gasteiger partial charge in [-0.25, -0.2) is 4.57 Å². The Morgan fingerprint density at radius 2 is 1.40 bits per heavy atom. The molecule has 30 heavy (non-hydrogen) atoms. The first kappa shape index (κ1) is 27.5. The number of unbranched alkanes of at least 4 members (excludes halogenated alkanes) is 1. The number of aromatic hydroxyl groups is 1. The van der Waals surface area contributed by atoms with Gasteiger partial charge in [-0.05, 0) is 25.7 Å². The van der Waals surface area contributed by atoms with Crippen LogP contribution in [0.1, 0.15) is 36.8 Å². The zero-order valence-corrected chi connectivity index (χ0v) is 17.2. The molecule has 0 saturated heterocycles. The standard InChI is InChI=1S/C18H28N4O7.ClH/c19-12(16(24)25)3-1-2-6-22-8-10(4-5-13(20)17(26)27)11(15(23)9-22)7-14(21)18(28)29;/h8-9,12-14H,1-7,19-21H2,(H3-,23,24,25,26,27,28,29);1H. The van der Waals surface area contributed by atoms with Gasteiger partial charge >= 0.3 is 17.9 Å². The second-order valence-corrected chi connectivity index (χ2v) is 6.96. The third-order valence-corrected chi connectivity index (χ3v) is 4.59. The molecule has 10 N–H and O–H groups in total. The fourth-order valence-electron chi connectivity index (χ4n) is 2.82. The van der Waals surface area contributed by atoms with Crippen LogP contribution in [-0.2, 0) is 33.8 Å². The normalized spacial score (nSPS) is 13.7. The SMILES string of the molecule is NC(CCCC[n+]1cc(O)c(CC(N)C(=O)O)c(CCC(N)C(=O)O)c1)C(=O)O.[Cl-]. The minimum atomic E-state index is -1.22. The Bertz CT molecular complexity index is 747. The van der Waals surface area contributed by atoms with Crippen LogP contribution in [0.15, 0.2) is 12.4 Å². The lowest BCUT2D eigenvalue weighted by molar-refractivity contribution is -0.698. The zero-order chi connectivity index (χ0) is 22.1. The van der Waals surface area contributed by atoms with E-state index in [1.807, 2.05) is 0 Å². The molecule has 1 aromatic heterocycles. The molecule has 0 saturated carbocycles. The van der Waals surface area contributed by atoms with E-state index in [0.29, 0.717) is 36.9 Å². The maximum Gasteiger partial charge on any atom is 0.320 e. The van der Waals surface area contributed by atoms with Gasteiger partial charge in [-0.15, -0.1) is 0 Å². The van der Waals surface area contributed by atoms with Gasteiger partial charge < -0.3 is 50.0 Å². The molecule has 1 heterocycles. The lowest BCUT2D eigenvalue weighted by atomic mass is 9.96. The average Bonchev–Trinajstić information content (AvgIpc) is 2.64. The summed E-state index contributed by atoms with van der Waals surface area (Å²) in [6.07, 6.45) is 4.80. The van der Waals surface area contributed by atoms with Crippen LogP contribution < -0.4 is 34.2 Å². The van der Waals surface area contributed by atoms with E-state index < -0.39 is 36.0 Å². The predicted octanol–water partition coefficient (Wildman–Crippen LogP) is -4.44. The Morgan fingerprint density at radius 1 is 0.867 bits per heavy atom. The topological polar surface area (TPSA) is 214 Å². The minimum absolute atomic E-state index is 0. The Hall–Kier alpha value is -2.47. The number of nitrogens with zero attached hydrogens (tertiary/aromatic N) is 1. The monoisotopic (exact) mass is 448 g/mol. The van der Waals surface area contributed by atoms with Crippen molar-refractivity contribution >= 4 is 17.9 Å². The largest absolute Gasteiger partial charge is 1.00 e. The van der Waals surface area contributed by atoms with Crippen molar-refractivity contribution in [2.24, 2.45) is 17.2 Å². The average molecular weight is 449 g/mol. The van der Waals surface area contributed by atoms with Crippen LogP contribution in [0.4, 0.5) is 0 Å². The van der Waals surface area contributed by atoms with Gasteiger partial charge in [-0.1, -0.05) is 0 Å². The van der Waals surface area contributed by atoms with Gasteiger partial charge in [0.15, 0.2) is 11.9 Å². The molecule has 1 aromatic rings. The first-order valence-electron chi connectivity index (χ1n) is 9.21. The summed E-state index contributed by atoms with van der Waals surface area (Å²) in [5.41, 5.74) is 17.5. The number of pyridine rings is 1. The highest BCUT2D eigenvalue weighted by molar-refractivity contribution is 5.74. The number of aliphatic carboxylic acids is 3. The van der Waals surface area contributed by atoms with Gasteiger partial charge in [-0.3, -0.25) is 14.4 Å². The smallest absolute Gasteiger partial charge is 0.320 e. The van der Waals surface area contributed by atoms with Crippen molar-refractivity contribution in [1.82, 2.24) is 0 Å². The molecule has 3 unspecified atom stereocenters. The Kier molecular flexibility index (Phi) is 11.9. The highest BCUT2D eigenvalue weighted by atomic mass is 35.5. The summed E-state index contributed by atoms with van der Waals surface area (Å²) in [4.78, 5) is 32.8. The molecule has 0 bridgehead atoms. The van der Waals surface area contributed by atoms with E-state index in [9.17, 15) is 19.5 Å². The first-order chi connectivity index (χ1) is 13.5. The van der Waals surface area contributed by atoms with Crippen molar-refractivity contribution in [1.29, 1.82) is 0 Å². The molecule has 0 amide bonds. The molecule has 0 spiro atoms. The molecule has 0 aliphatic carbocycles. The lowest BCUT2D eigenvalue weighted by Crippen LogP contribution is -3.00. The molecule has 11 nitrogen and oxygen atoms in total. The highest BCUT2D eigenvalue weighted by Crippen LogP contribution is 2.22. The molecule has 0 aromatic carbocycles. The van der Waals surface area contributed by atoms with Gasteiger partial charge in [0, 0.05) is 24.0 Å². The molecule has 1 rings (SSSR count). The van der Waals surface area contributed by atoms with E-state index >= 15 is 0 Å². The Labute approximate surface area is 179 Å². The van der Waals surface area contributed by atoms with Gasteiger partial charge in [0.05, 0.1) is 0 Å². The second-order valence-electron chi connectivity index (χ2n) is 6.96. The van der Waals surface area contributed by atoms with Crippen molar-refractivity contribution < 1.29 is 51.8 Å². The third kappa shape index (κ3) is 8.91. The maximum atomic E-state index is 11.1. The number of hydrogen-bond acceptors (Lipinski definition) is 7. The molecular formula is C18H29ClN4O7. The summed E-state index contributed by atoms with van der Waals surface area (Å²) in [7, 11) is 0. The summed E-state index contributed by atoms with van der Waals surface area (Å²) in [5, 5.41) is 37.2. The lowest BCUT2D eigenvalue weighted by Gasteiger charge is -2.14. The molecule has 0 aliphatic rings. The Morgan fingerprint density at radius 3 is 1.93 bits per heavy atom. The molecule has 0 radical (unpaired) electrons. The van der Waals surface area contributed by atoms with Gasteiger partial charge in [-0.2, -0.15) is 0 Å². The maximum absolute atomic E-state index is 11.1. The van der Waals surface area contributed by atoms with Crippen LogP contribution in [0.25, 0.3) is 0 Å². The summed E-state index contributed by atoms with van der Waals surface area (Å²) in [6, 6.07) is -3.24. The van der Waals surface area contributed by atoms with E-state index in [1.165, 1.54) is 6.20 Å². The van der Waals surface area contributed by atoms with Gasteiger partial charge in [0.25, 0.3) is 0 Å². The molecule has 0 fully saturated rings. The van der Waals surface area contributed by atoms with Crippen molar-refractivity contribution in [3.8, 4) is 5.75 Å². The van der Waals surface area contributed by atoms with Gasteiger partial charge in [0.1, 0.15) is 24.7 Å². The molecule has 170 valence electrons. The number of aryl methyl sites for hydroxylation is 2. The van der Waals surface area contributed by atoms with Crippen molar-refractivity contribution in [3.05, 3.63) is 23.5 Å². The molecule has 0 aliphatic heterocycles. The number of aromatic nitrogens is 1. The number of halogens is 1. The van der Waals surface area contributed by atoms with E-state index in [1.54, 1.807) is 10.8 Å². The van der Waals surface area contributed by atoms with E-state index in [4.69, 9.17) is 32.5 Å². The molecular weight excluding hydrogens is 420 g/mol. The summed E-state index contributed by atoms with van der Waals surface area (Å²) in [5.74, 6) is -3.59. The number of carbonyl (C=O) groups is 3. The fraction of sp³-hybridized carbons (Fsp3) is 0.556. The Balaban J connectivity index is 0.00000841. The van der Waals surface area contributed by atoms with Crippen LogP contribution in [0, 0.1) is 0 Å². The van der Waals surface area contributed by atoms with Gasteiger partial charge in [0.2, 0.25) is 6.20 Å². The van der Waals surface area contributed by atoms with Crippen molar-refractivity contribution in [2.75, 3.05) is 0 Å². The third-order valence-electron chi connectivity index (χ3n) is 4.59. The van der Waals surface area contributed by atoms with Crippen molar-refractivity contribution in [2.45, 2.75) is 63.2 Å². The molecule has 3 atom stereocenters. The van der Waals surface area contributed by atoms with E-state index in [-0.39, 0.29) is 37.4 Å². The summed E-state index contributed by atoms with van der Waals surface area (Å²) in [6.45, 7) is 0.461. The predicted molar refractivity (Wildman–Crippen MR) is 101 cm³/mol. The second kappa shape index (κ2) is 13.0. The van der Waals surface area contributed by atoms with Crippen LogP contribution in [-0.4, -0.2) is 56.5 Å². The van der Waals surface area contributed by atoms with Crippen LogP contribution in [0.5, 0.6) is 5.75 Å². The van der Waals surface area contributed by atoms with Crippen LogP contribution in [0.2, 0.25) is 0 Å². The first-order valence-corrected chi connectivity index (χ1v) is 9.21. The number of nitrogens with two attached hydrogens (primary N) is 3. The van der Waals surface area contributed by atoms with Crippen LogP contribution >= 0.6 is 0 Å². The fourth-order valence-corrected chi connectivity index (χ4v) is 2.82. The van der Waals surface area contributed by atoms with E-state index in [2.05, 4.69) is 0 Å². The number of carboxylic acid groups (broad SMARTS) is 3. The summed E-state index contributed by atoms with van der Waals surface area (Å²) >= 11 is 0. The zero-order valence-electron chi connectivity index (χ0n) is 16.4. The highest BCUT2D eigenvalue weighted by Gasteiger charge is 2.23. The quantitative estimate of drug-likeness (QED) is 0.113.